The number of fused-ring (bicyclic) bond motifs is 3. The Morgan fingerprint density at radius 3 is 2.26 bits per heavy atom. The highest BCUT2D eigenvalue weighted by molar-refractivity contribution is 8.00. The smallest absolute Gasteiger partial charge is 0.446 e. The van der Waals surface area contributed by atoms with Gasteiger partial charge in [0.05, 0.1) is 17.5 Å². The molecule has 3 saturated heterocycles. The number of anilines is 1. The van der Waals surface area contributed by atoms with Crippen molar-refractivity contribution in [1.82, 2.24) is 25.2 Å². The van der Waals surface area contributed by atoms with Gasteiger partial charge in [-0.05, 0) is 74.1 Å². The molecule has 9 nitrogen and oxygen atoms in total. The molecule has 0 saturated carbocycles. The van der Waals surface area contributed by atoms with Gasteiger partial charge in [-0.25, -0.2) is 13.8 Å². The molecule has 7 rings (SSSR count). The summed E-state index contributed by atoms with van der Waals surface area (Å²) in [5.41, 5.74) is -5.92. The highest BCUT2D eigenvalue weighted by Gasteiger charge is 2.45. The third-order valence-electron chi connectivity index (χ3n) is 9.08. The van der Waals surface area contributed by atoms with Crippen molar-refractivity contribution in [3.8, 4) is 28.9 Å². The first-order valence-corrected chi connectivity index (χ1v) is 17.9. The van der Waals surface area contributed by atoms with Gasteiger partial charge in [0.1, 0.15) is 40.6 Å². The summed E-state index contributed by atoms with van der Waals surface area (Å²) < 4.78 is 84.5. The number of methoxy groups -OCH3 is 1. The topological polar surface area (TPSA) is 95.9 Å². The summed E-state index contributed by atoms with van der Waals surface area (Å²) in [4.78, 5) is 17.2. The maximum absolute atomic E-state index is 16.9. The summed E-state index contributed by atoms with van der Waals surface area (Å²) in [6.07, 6.45) is 4.06. The number of rotatable bonds is 7. The molecule has 0 radical (unpaired) electrons. The first kappa shape index (κ1) is 37.6. The number of piperazine rings is 1. The number of pyridine rings is 1. The lowest BCUT2D eigenvalue weighted by molar-refractivity contribution is -0.0328. The lowest BCUT2D eigenvalue weighted by atomic mass is 9.95. The van der Waals surface area contributed by atoms with E-state index in [2.05, 4.69) is 20.2 Å². The zero-order valence-electron chi connectivity index (χ0n) is 28.9. The van der Waals surface area contributed by atoms with E-state index in [0.717, 1.165) is 50.9 Å². The number of hydrogen-bond donors (Lipinski definition) is 2. The Morgan fingerprint density at radius 1 is 0.940 bits per heavy atom. The molecular formula is C35H43F5N6O3S. The molecule has 4 aromatic rings. The van der Waals surface area contributed by atoms with Crippen molar-refractivity contribution in [2.75, 3.05) is 57.9 Å². The van der Waals surface area contributed by atoms with Crippen LogP contribution in [0.15, 0.2) is 29.2 Å². The second-order valence-electron chi connectivity index (χ2n) is 11.8. The number of nitrogens with zero attached hydrogens (tertiary/aromatic N) is 5. The SMILES string of the molecule is CC.CC.COc1nc(-c2cc(O)cc3ccc(F)c(SC(F)(F)F)c23)c(F)c2nc(OCC34CCCN3CCC4)nc(N3CCNCC3)c12. The number of phenolic OH excluding ortho intramolecular Hbond substituents is 1. The lowest BCUT2D eigenvalue weighted by Gasteiger charge is -2.32. The van der Waals surface area contributed by atoms with Gasteiger partial charge in [-0.3, -0.25) is 4.90 Å². The Labute approximate surface area is 292 Å². The van der Waals surface area contributed by atoms with Gasteiger partial charge in [-0.1, -0.05) is 33.8 Å². The molecule has 0 bridgehead atoms. The molecule has 5 heterocycles. The van der Waals surface area contributed by atoms with Crippen LogP contribution in [0.1, 0.15) is 53.4 Å². The van der Waals surface area contributed by atoms with Gasteiger partial charge in [0, 0.05) is 37.1 Å². The molecule has 0 atom stereocenters. The van der Waals surface area contributed by atoms with Crippen molar-refractivity contribution >= 4 is 39.3 Å². The van der Waals surface area contributed by atoms with Crippen molar-refractivity contribution < 1.29 is 36.5 Å². The fourth-order valence-corrected chi connectivity index (χ4v) is 7.78. The maximum atomic E-state index is 16.9. The molecule has 3 aliphatic rings. The van der Waals surface area contributed by atoms with Crippen LogP contribution in [0.4, 0.5) is 27.8 Å². The van der Waals surface area contributed by atoms with E-state index in [0.29, 0.717) is 38.6 Å². The van der Waals surface area contributed by atoms with Crippen LogP contribution < -0.4 is 19.7 Å². The molecule has 3 aliphatic heterocycles. The number of alkyl halides is 3. The minimum atomic E-state index is -4.84. The number of phenols is 1. The number of ether oxygens (including phenoxy) is 2. The predicted molar refractivity (Wildman–Crippen MR) is 186 cm³/mol. The van der Waals surface area contributed by atoms with Gasteiger partial charge in [0.25, 0.3) is 0 Å². The van der Waals surface area contributed by atoms with Crippen LogP contribution >= 0.6 is 11.8 Å². The van der Waals surface area contributed by atoms with E-state index in [1.807, 2.05) is 32.6 Å². The van der Waals surface area contributed by atoms with Crippen molar-refractivity contribution in [1.29, 1.82) is 0 Å². The quantitative estimate of drug-likeness (QED) is 0.145. The van der Waals surface area contributed by atoms with Crippen LogP contribution in [0.2, 0.25) is 0 Å². The Morgan fingerprint density at radius 2 is 1.62 bits per heavy atom. The number of aromatic nitrogens is 3. The molecule has 50 heavy (non-hydrogen) atoms. The van der Waals surface area contributed by atoms with Gasteiger partial charge in [-0.2, -0.15) is 23.1 Å². The summed E-state index contributed by atoms with van der Waals surface area (Å²) >= 11 is -0.660. The van der Waals surface area contributed by atoms with E-state index >= 15 is 4.39 Å². The molecule has 2 N–H and O–H groups in total. The van der Waals surface area contributed by atoms with Crippen LogP contribution in [0.5, 0.6) is 17.6 Å². The second kappa shape index (κ2) is 15.7. The number of benzene rings is 2. The van der Waals surface area contributed by atoms with Crippen LogP contribution in [0, 0.1) is 11.6 Å². The van der Waals surface area contributed by atoms with Crippen molar-refractivity contribution in [2.45, 2.75) is 69.3 Å². The summed E-state index contributed by atoms with van der Waals surface area (Å²) in [6, 6.07) is 4.28. The summed E-state index contributed by atoms with van der Waals surface area (Å²) in [7, 11) is 1.33. The molecule has 0 unspecified atom stereocenters. The fourth-order valence-electron chi connectivity index (χ4n) is 7.05. The van der Waals surface area contributed by atoms with Crippen molar-refractivity contribution in [3.63, 3.8) is 0 Å². The third kappa shape index (κ3) is 7.35. The van der Waals surface area contributed by atoms with Gasteiger partial charge in [-0.15, -0.1) is 0 Å². The zero-order chi connectivity index (χ0) is 36.2. The van der Waals surface area contributed by atoms with Crippen LogP contribution in [0.25, 0.3) is 32.9 Å². The number of halogens is 5. The Bertz CT molecular complexity index is 1810. The first-order chi connectivity index (χ1) is 24.1. The van der Waals surface area contributed by atoms with Gasteiger partial charge in [0.15, 0.2) is 5.82 Å². The van der Waals surface area contributed by atoms with E-state index in [1.165, 1.54) is 19.2 Å². The largest absolute Gasteiger partial charge is 0.508 e. The molecule has 0 aliphatic carbocycles. The average molecular weight is 723 g/mol. The highest BCUT2D eigenvalue weighted by Crippen LogP contribution is 2.47. The van der Waals surface area contributed by atoms with E-state index in [4.69, 9.17) is 14.5 Å². The Hall–Kier alpha value is -3.69. The number of hydrogen-bond acceptors (Lipinski definition) is 10. The zero-order valence-corrected chi connectivity index (χ0v) is 29.7. The van der Waals surface area contributed by atoms with Crippen molar-refractivity contribution in [3.05, 3.63) is 35.9 Å². The summed E-state index contributed by atoms with van der Waals surface area (Å²) in [5.74, 6) is -2.26. The van der Waals surface area contributed by atoms with Gasteiger partial charge < -0.3 is 24.8 Å². The molecular weight excluding hydrogens is 679 g/mol. The molecule has 0 spiro atoms. The van der Waals surface area contributed by atoms with Gasteiger partial charge in [0.2, 0.25) is 5.88 Å². The minimum Gasteiger partial charge on any atom is -0.508 e. The standard InChI is InChI=1S/C31H31F5N6O3S.2C2H6/c1-44-28-22-25(23(33)24(38-28)19-15-18(43)14-17-4-5-20(32)26(21(17)19)46-31(34,35)36)39-29(40-27(22)41-12-8-37-9-13-41)45-16-30-6-2-10-42(30)11-3-7-30;2*1-2/h4-5,14-15,37,43H,2-3,6-13,16H2,1H3;2*1-2H3. The van der Waals surface area contributed by atoms with E-state index in [9.17, 15) is 22.7 Å². The Kier molecular flexibility index (Phi) is 11.8. The number of aromatic hydroxyl groups is 1. The van der Waals surface area contributed by atoms with Crippen molar-refractivity contribution in [2.24, 2.45) is 0 Å². The molecule has 15 heteroatoms. The second-order valence-corrected chi connectivity index (χ2v) is 12.9. The number of thioether (sulfide) groups is 1. The molecule has 2 aromatic heterocycles. The van der Waals surface area contributed by atoms with Gasteiger partial charge >= 0.3 is 11.5 Å². The van der Waals surface area contributed by atoms with E-state index < -0.39 is 39.5 Å². The van der Waals surface area contributed by atoms with Crippen LogP contribution in [0.3, 0.4) is 0 Å². The fraction of sp³-hybridized carbons (Fsp3) is 0.514. The van der Waals surface area contributed by atoms with Crippen LogP contribution in [-0.2, 0) is 0 Å². The van der Waals surface area contributed by atoms with E-state index in [-0.39, 0.29) is 50.4 Å². The normalized spacial score (nSPS) is 17.2. The Balaban J connectivity index is 0.00000117. The predicted octanol–water partition coefficient (Wildman–Crippen LogP) is 7.92. The molecule has 0 amide bonds. The average Bonchev–Trinajstić information content (AvgIpc) is 3.71. The monoisotopic (exact) mass is 722 g/mol. The third-order valence-corrected chi connectivity index (χ3v) is 9.92. The maximum Gasteiger partial charge on any atom is 0.446 e. The molecule has 272 valence electrons. The summed E-state index contributed by atoms with van der Waals surface area (Å²) in [5, 5.41) is 13.8. The number of nitrogens with one attached hydrogen (secondary N) is 1. The first-order valence-electron chi connectivity index (χ1n) is 17.1. The minimum absolute atomic E-state index is 0.0487. The summed E-state index contributed by atoms with van der Waals surface area (Å²) in [6.45, 7) is 12.7. The van der Waals surface area contributed by atoms with E-state index in [1.54, 1.807) is 0 Å². The lowest BCUT2D eigenvalue weighted by Crippen LogP contribution is -2.44. The van der Waals surface area contributed by atoms with Crippen LogP contribution in [-0.4, -0.2) is 89.0 Å². The molecule has 3 fully saturated rings. The molecule has 2 aromatic carbocycles. The highest BCUT2D eigenvalue weighted by atomic mass is 32.2.